The van der Waals surface area contributed by atoms with Crippen molar-refractivity contribution in [2.45, 2.75) is 10.2 Å². The molecule has 0 N–H and O–H groups in total. The first-order valence-electron chi connectivity index (χ1n) is 3.42. The smallest absolute Gasteiger partial charge is 0.0936 e. The second kappa shape index (κ2) is 2.63. The van der Waals surface area contributed by atoms with E-state index in [1.54, 1.807) is 0 Å². The molecule has 0 atom stereocenters. The zero-order chi connectivity index (χ0) is 11.1. The second-order valence-electron chi connectivity index (χ2n) is 2.71. The molecule has 0 radical (unpaired) electrons. The van der Waals surface area contributed by atoms with Crippen LogP contribution in [0.5, 0.6) is 0 Å². The molecule has 0 heterocycles. The van der Waals surface area contributed by atoms with E-state index in [2.05, 4.69) is 15.9 Å². The van der Waals surface area contributed by atoms with Crippen molar-refractivity contribution < 1.29 is 19.4 Å². The average molecular weight is 297 g/mol. The Bertz CT molecular complexity index is 357. The van der Waals surface area contributed by atoms with E-state index in [9.17, 15) is 19.4 Å². The van der Waals surface area contributed by atoms with Crippen LogP contribution in [0.2, 0.25) is 0 Å². The first kappa shape index (κ1) is 11.8. The summed E-state index contributed by atoms with van der Waals surface area (Å²) in [5, 5.41) is -0.255. The lowest BCUT2D eigenvalue weighted by atomic mass is 10.2. The molecule has 0 saturated heterocycles. The number of halogens is 6. The minimum Gasteiger partial charge on any atom is -0.0936 e. The van der Waals surface area contributed by atoms with Gasteiger partial charge in [0.05, 0.1) is 0 Å². The van der Waals surface area contributed by atoms with Gasteiger partial charge in [-0.1, -0.05) is 53.6 Å². The highest BCUT2D eigenvalue weighted by Crippen LogP contribution is 3.02. The summed E-state index contributed by atoms with van der Waals surface area (Å²) in [5.74, 6) is 0. The largest absolute Gasteiger partial charge is 0.310 e. The predicted molar refractivity (Wildman–Crippen MR) is 50.5 cm³/mol. The van der Waals surface area contributed by atoms with Gasteiger partial charge in [0.1, 0.15) is 4.90 Å². The number of hydrogen-bond donors (Lipinski definition) is 0. The summed E-state index contributed by atoms with van der Waals surface area (Å²) in [6, 6.07) is 3.64. The molecule has 0 aromatic heterocycles. The first-order chi connectivity index (χ1) is 6.04. The number of rotatable bonds is 2. The Morgan fingerprint density at radius 1 is 1.00 bits per heavy atom. The molecule has 82 valence electrons. The minimum atomic E-state index is -9.53. The zero-order valence-electron chi connectivity index (χ0n) is 6.69. The van der Waals surface area contributed by atoms with Gasteiger partial charge in [-0.15, -0.1) is 0 Å². The summed E-state index contributed by atoms with van der Waals surface area (Å²) < 4.78 is 61.9. The lowest BCUT2D eigenvalue weighted by Crippen LogP contribution is -2.08. The van der Waals surface area contributed by atoms with Crippen molar-refractivity contribution in [1.29, 1.82) is 0 Å². The molecule has 0 saturated carbocycles. The predicted octanol–water partition coefficient (Wildman–Crippen LogP) is 5.24. The summed E-state index contributed by atoms with van der Waals surface area (Å²) in [6.45, 7) is 0. The maximum Gasteiger partial charge on any atom is 0.310 e. The number of alkyl halides is 1. The van der Waals surface area contributed by atoms with E-state index in [1.807, 2.05) is 0 Å². The molecule has 0 aliphatic rings. The Hall–Kier alpha value is -0.300. The van der Waals surface area contributed by atoms with E-state index < -0.39 is 20.7 Å². The molecule has 0 aliphatic heterocycles. The van der Waals surface area contributed by atoms with Gasteiger partial charge in [-0.25, -0.2) is 0 Å². The molecule has 0 nitrogen and oxygen atoms in total. The van der Waals surface area contributed by atoms with Crippen LogP contribution in [0, 0.1) is 0 Å². The van der Waals surface area contributed by atoms with Crippen molar-refractivity contribution in [2.24, 2.45) is 0 Å². The fourth-order valence-corrected chi connectivity index (χ4v) is 2.64. The summed E-state index contributed by atoms with van der Waals surface area (Å²) in [7, 11) is -9.53. The fraction of sp³-hybridized carbons (Fsp3) is 0.143. The van der Waals surface area contributed by atoms with Crippen LogP contribution < -0.4 is 0 Å². The summed E-state index contributed by atoms with van der Waals surface area (Å²) >= 11 is 2.73. The Morgan fingerprint density at radius 3 is 1.86 bits per heavy atom. The van der Waals surface area contributed by atoms with Gasteiger partial charge in [0.25, 0.3) is 0 Å². The average Bonchev–Trinajstić information content (AvgIpc) is 2.00. The van der Waals surface area contributed by atoms with E-state index >= 15 is 0 Å². The maximum absolute atomic E-state index is 12.4. The highest BCUT2D eigenvalue weighted by molar-refractivity contribution is 9.08. The van der Waals surface area contributed by atoms with E-state index in [0.29, 0.717) is 6.07 Å². The van der Waals surface area contributed by atoms with Crippen molar-refractivity contribution in [3.05, 3.63) is 29.8 Å². The van der Waals surface area contributed by atoms with Gasteiger partial charge in [-0.3, -0.25) is 0 Å². The molecule has 0 bridgehead atoms. The van der Waals surface area contributed by atoms with Crippen molar-refractivity contribution in [3.8, 4) is 0 Å². The molecule has 0 spiro atoms. The molecule has 1 aromatic carbocycles. The lowest BCUT2D eigenvalue weighted by molar-refractivity contribution is 0.363. The van der Waals surface area contributed by atoms with E-state index in [-0.39, 0.29) is 5.33 Å². The molecule has 1 aromatic rings. The third-order valence-corrected chi connectivity index (χ3v) is 3.37. The third-order valence-electron chi connectivity index (χ3n) is 1.53. The minimum absolute atomic E-state index is 0.255. The maximum atomic E-state index is 12.4. The van der Waals surface area contributed by atoms with Crippen LogP contribution in [-0.4, -0.2) is 0 Å². The topological polar surface area (TPSA) is 0 Å². The second-order valence-corrected chi connectivity index (χ2v) is 5.65. The van der Waals surface area contributed by atoms with Gasteiger partial charge < -0.3 is 0 Å². The van der Waals surface area contributed by atoms with Crippen LogP contribution in [0.15, 0.2) is 29.2 Å². The van der Waals surface area contributed by atoms with Crippen LogP contribution in [0.3, 0.4) is 0 Å². The molecule has 7 heteroatoms. The van der Waals surface area contributed by atoms with Crippen LogP contribution in [0.4, 0.5) is 19.4 Å². The molecule has 0 unspecified atom stereocenters. The molecular formula is C7H6BrF5S. The van der Waals surface area contributed by atoms with E-state index in [1.165, 1.54) is 6.07 Å². The fourth-order valence-electron chi connectivity index (χ4n) is 0.991. The van der Waals surface area contributed by atoms with Crippen molar-refractivity contribution in [3.63, 3.8) is 0 Å². The number of hydrogen-bond acceptors (Lipinski definition) is 0. The van der Waals surface area contributed by atoms with Gasteiger partial charge in [-0.2, -0.15) is 0 Å². The molecule has 0 aliphatic carbocycles. The Morgan fingerprint density at radius 2 is 1.50 bits per heavy atom. The molecule has 0 amide bonds. The summed E-state index contributed by atoms with van der Waals surface area (Å²) in [6.07, 6.45) is 0. The first-order valence-corrected chi connectivity index (χ1v) is 6.50. The van der Waals surface area contributed by atoms with E-state index in [4.69, 9.17) is 0 Å². The van der Waals surface area contributed by atoms with Crippen LogP contribution in [-0.2, 0) is 5.33 Å². The van der Waals surface area contributed by atoms with Gasteiger partial charge in [0.15, 0.2) is 0 Å². The third kappa shape index (κ3) is 2.60. The Balaban J connectivity index is 3.49. The van der Waals surface area contributed by atoms with Crippen LogP contribution in [0.1, 0.15) is 5.56 Å². The van der Waals surface area contributed by atoms with Crippen molar-refractivity contribution >= 4 is 26.2 Å². The van der Waals surface area contributed by atoms with Crippen molar-refractivity contribution in [1.82, 2.24) is 0 Å². The van der Waals surface area contributed by atoms with Gasteiger partial charge in [0.2, 0.25) is 0 Å². The molecule has 0 fully saturated rings. The Labute approximate surface area is 86.0 Å². The Kier molecular flexibility index (Phi) is 2.21. The SMILES string of the molecule is FS(F)(F)(F)(F)c1ccccc1CBr. The zero-order valence-corrected chi connectivity index (χ0v) is 9.10. The quantitative estimate of drug-likeness (QED) is 0.517. The highest BCUT2D eigenvalue weighted by atomic mass is 79.9. The van der Waals surface area contributed by atoms with Crippen LogP contribution >= 0.6 is 26.2 Å². The summed E-state index contributed by atoms with van der Waals surface area (Å²) in [5.41, 5.74) is -0.452. The highest BCUT2D eigenvalue weighted by Gasteiger charge is 2.66. The number of benzene rings is 1. The van der Waals surface area contributed by atoms with Gasteiger partial charge >= 0.3 is 10.2 Å². The summed E-state index contributed by atoms with van der Waals surface area (Å²) in [4.78, 5) is -1.82. The molecule has 14 heavy (non-hydrogen) atoms. The lowest BCUT2D eigenvalue weighted by Gasteiger charge is -2.41. The van der Waals surface area contributed by atoms with Gasteiger partial charge in [0, 0.05) is 5.33 Å². The monoisotopic (exact) mass is 296 g/mol. The van der Waals surface area contributed by atoms with E-state index in [0.717, 1.165) is 12.1 Å². The normalized spacial score (nSPS) is 17.3. The van der Waals surface area contributed by atoms with Gasteiger partial charge in [-0.05, 0) is 11.6 Å². The van der Waals surface area contributed by atoms with Crippen LogP contribution in [0.25, 0.3) is 0 Å². The standard InChI is InChI=1S/C7H6BrF5S/c8-5-6-3-1-2-4-7(6)14(9,10,11,12)13/h1-4H,5H2. The molecular weight excluding hydrogens is 291 g/mol. The van der Waals surface area contributed by atoms with Crippen molar-refractivity contribution in [2.75, 3.05) is 0 Å². The molecule has 1 rings (SSSR count).